The molecule has 12 heteroatoms. The van der Waals surface area contributed by atoms with Crippen LogP contribution < -0.4 is 0 Å². The Morgan fingerprint density at radius 3 is 1.75 bits per heavy atom. The molecule has 0 fully saturated rings. The standard InChI is InChI=1S/C31H30Cl2N2O3.C13H14Cl2N2O/c1-19-11-20(2)14-25(13-19)29(36)30-34-8-9-35(30)18-24(23-5-6-27(32)28(33)17-23)7-10-38-31(37)26-15-21(3)12-22(4)16-26;14-12-2-1-10(7-13(12)15)11(3-6-18)8-17-5-4-16-9-17/h5-6,8-9,11-17,24H,7,10,18H2,1-4H3;1-2,4-5,7,9,11,18H,3,6,8H2. The van der Waals surface area contributed by atoms with Crippen molar-refractivity contribution in [3.05, 3.63) is 174 Å². The number of carbonyl (C=O) groups excluding carboxylic acids is 2. The van der Waals surface area contributed by atoms with Crippen LogP contribution in [0.25, 0.3) is 0 Å². The van der Waals surface area contributed by atoms with Crippen LogP contribution in [-0.2, 0) is 17.8 Å². The summed E-state index contributed by atoms with van der Waals surface area (Å²) in [5.74, 6) is -0.0722. The Labute approximate surface area is 348 Å². The molecule has 2 atom stereocenters. The molecule has 0 saturated carbocycles. The molecule has 0 aliphatic rings. The van der Waals surface area contributed by atoms with Crippen molar-refractivity contribution in [2.45, 2.75) is 65.5 Å². The highest BCUT2D eigenvalue weighted by molar-refractivity contribution is 6.42. The molecular formula is C44H44Cl4N4O4. The number of carbonyl (C=O) groups is 2. The number of hydrogen-bond donors (Lipinski definition) is 1. The second kappa shape index (κ2) is 20.1. The maximum atomic E-state index is 13.4. The third kappa shape index (κ3) is 11.8. The Bertz CT molecular complexity index is 2230. The number of imidazole rings is 2. The molecule has 6 rings (SSSR count). The molecule has 0 aliphatic heterocycles. The highest BCUT2D eigenvalue weighted by Crippen LogP contribution is 2.31. The lowest BCUT2D eigenvalue weighted by Crippen LogP contribution is -2.18. The van der Waals surface area contributed by atoms with Crippen molar-refractivity contribution in [3.8, 4) is 0 Å². The summed E-state index contributed by atoms with van der Waals surface area (Å²) in [4.78, 5) is 34.5. The molecule has 56 heavy (non-hydrogen) atoms. The summed E-state index contributed by atoms with van der Waals surface area (Å²) in [6, 6.07) is 22.5. The van der Waals surface area contributed by atoms with Crippen LogP contribution in [0, 0.1) is 27.7 Å². The first-order chi connectivity index (χ1) is 26.8. The fraction of sp³-hybridized carbons (Fsp3) is 0.273. The summed E-state index contributed by atoms with van der Waals surface area (Å²) in [6.07, 6.45) is 10.0. The summed E-state index contributed by atoms with van der Waals surface area (Å²) in [6.45, 7) is 9.39. The normalized spacial score (nSPS) is 12.1. The van der Waals surface area contributed by atoms with Crippen molar-refractivity contribution in [3.63, 3.8) is 0 Å². The number of esters is 1. The van der Waals surface area contributed by atoms with E-state index >= 15 is 0 Å². The van der Waals surface area contributed by atoms with Crippen LogP contribution in [0.15, 0.2) is 104 Å². The second-order valence-corrected chi connectivity index (χ2v) is 15.6. The van der Waals surface area contributed by atoms with Gasteiger partial charge < -0.3 is 19.0 Å². The van der Waals surface area contributed by atoms with Gasteiger partial charge in [-0.15, -0.1) is 0 Å². The van der Waals surface area contributed by atoms with Crippen molar-refractivity contribution in [2.24, 2.45) is 0 Å². The zero-order chi connectivity index (χ0) is 40.4. The highest BCUT2D eigenvalue weighted by Gasteiger charge is 2.21. The van der Waals surface area contributed by atoms with E-state index in [0.29, 0.717) is 56.4 Å². The Morgan fingerprint density at radius 1 is 0.679 bits per heavy atom. The minimum absolute atomic E-state index is 0.114. The fourth-order valence-corrected chi connectivity index (χ4v) is 7.29. The fourth-order valence-electron chi connectivity index (χ4n) is 6.67. The summed E-state index contributed by atoms with van der Waals surface area (Å²) in [7, 11) is 0. The Hall–Kier alpha value is -4.44. The average Bonchev–Trinajstić information content (AvgIpc) is 3.85. The molecule has 0 bridgehead atoms. The largest absolute Gasteiger partial charge is 0.462 e. The van der Waals surface area contributed by atoms with Crippen molar-refractivity contribution in [1.29, 1.82) is 0 Å². The molecule has 8 nitrogen and oxygen atoms in total. The third-order valence-electron chi connectivity index (χ3n) is 9.27. The molecule has 2 heterocycles. The Morgan fingerprint density at radius 2 is 1.23 bits per heavy atom. The van der Waals surface area contributed by atoms with E-state index in [2.05, 4.69) is 9.97 Å². The summed E-state index contributed by atoms with van der Waals surface area (Å²) < 4.78 is 9.48. The minimum Gasteiger partial charge on any atom is -0.462 e. The predicted molar refractivity (Wildman–Crippen MR) is 225 cm³/mol. The van der Waals surface area contributed by atoms with Crippen LogP contribution >= 0.6 is 46.4 Å². The number of nitrogens with zero attached hydrogens (tertiary/aromatic N) is 4. The van der Waals surface area contributed by atoms with Crippen molar-refractivity contribution in [1.82, 2.24) is 19.1 Å². The lowest BCUT2D eigenvalue weighted by molar-refractivity contribution is 0.0490. The van der Waals surface area contributed by atoms with Gasteiger partial charge in [0.25, 0.3) is 0 Å². The van der Waals surface area contributed by atoms with Crippen LogP contribution in [0.5, 0.6) is 0 Å². The predicted octanol–water partition coefficient (Wildman–Crippen LogP) is 11.0. The van der Waals surface area contributed by atoms with E-state index in [1.54, 1.807) is 37.1 Å². The van der Waals surface area contributed by atoms with Crippen molar-refractivity contribution < 1.29 is 19.4 Å². The molecule has 2 unspecified atom stereocenters. The first-order valence-corrected chi connectivity index (χ1v) is 19.7. The topological polar surface area (TPSA) is 99.2 Å². The summed E-state index contributed by atoms with van der Waals surface area (Å²) in [5, 5.41) is 11.2. The number of hydrogen-bond acceptors (Lipinski definition) is 6. The molecule has 1 N–H and O–H groups in total. The van der Waals surface area contributed by atoms with Gasteiger partial charge in [-0.2, -0.15) is 0 Å². The van der Waals surface area contributed by atoms with E-state index in [1.807, 2.05) is 104 Å². The number of benzene rings is 4. The van der Waals surface area contributed by atoms with Gasteiger partial charge in [0.15, 0.2) is 5.82 Å². The van der Waals surface area contributed by atoms with Crippen LogP contribution in [0.4, 0.5) is 0 Å². The van der Waals surface area contributed by atoms with Crippen molar-refractivity contribution in [2.75, 3.05) is 13.2 Å². The van der Waals surface area contributed by atoms with Gasteiger partial charge in [0.05, 0.1) is 38.6 Å². The molecule has 0 amide bonds. The molecule has 292 valence electrons. The van der Waals surface area contributed by atoms with Crippen LogP contribution in [-0.4, -0.2) is 49.2 Å². The maximum Gasteiger partial charge on any atom is 0.338 e. The first-order valence-electron chi connectivity index (χ1n) is 18.2. The van der Waals surface area contributed by atoms with E-state index < -0.39 is 0 Å². The van der Waals surface area contributed by atoms with E-state index in [9.17, 15) is 9.59 Å². The number of aliphatic hydroxyl groups is 1. The van der Waals surface area contributed by atoms with E-state index in [0.717, 1.165) is 39.9 Å². The van der Waals surface area contributed by atoms with Crippen molar-refractivity contribution >= 4 is 58.2 Å². The Kier molecular flexibility index (Phi) is 15.3. The van der Waals surface area contributed by atoms with Gasteiger partial charge >= 0.3 is 5.97 Å². The number of ether oxygens (including phenoxy) is 1. The molecular weight excluding hydrogens is 790 g/mol. The summed E-state index contributed by atoms with van der Waals surface area (Å²) >= 11 is 24.4. The lowest BCUT2D eigenvalue weighted by Gasteiger charge is -2.20. The van der Waals surface area contributed by atoms with Gasteiger partial charge in [0.2, 0.25) is 5.78 Å². The minimum atomic E-state index is -0.363. The van der Waals surface area contributed by atoms with Gasteiger partial charge in [-0.1, -0.05) is 92.9 Å². The number of aryl methyl sites for hydroxylation is 4. The number of aromatic nitrogens is 4. The number of rotatable bonds is 14. The molecule has 6 aromatic rings. The molecule has 0 radical (unpaired) electrons. The third-order valence-corrected chi connectivity index (χ3v) is 10.8. The van der Waals surface area contributed by atoms with Crippen LogP contribution in [0.3, 0.4) is 0 Å². The van der Waals surface area contributed by atoms with Crippen LogP contribution in [0.2, 0.25) is 20.1 Å². The van der Waals surface area contributed by atoms with Gasteiger partial charge in [-0.3, -0.25) is 4.79 Å². The molecule has 2 aromatic heterocycles. The maximum absolute atomic E-state index is 13.4. The second-order valence-electron chi connectivity index (χ2n) is 13.9. The summed E-state index contributed by atoms with van der Waals surface area (Å²) in [5.41, 5.74) is 7.19. The van der Waals surface area contributed by atoms with Gasteiger partial charge in [-0.05, 0) is 100 Å². The van der Waals surface area contributed by atoms with Gasteiger partial charge in [0.1, 0.15) is 0 Å². The van der Waals surface area contributed by atoms with E-state index in [4.69, 9.17) is 56.2 Å². The first kappa shape index (κ1) is 42.7. The van der Waals surface area contributed by atoms with Crippen LogP contribution in [0.1, 0.15) is 84.6 Å². The number of halogens is 4. The molecule has 0 spiro atoms. The zero-order valence-corrected chi connectivity index (χ0v) is 34.7. The smallest absolute Gasteiger partial charge is 0.338 e. The SMILES string of the molecule is Cc1cc(C)cc(C(=O)OCCC(Cn2ccnc2C(=O)c2cc(C)cc(C)c2)c2ccc(Cl)c(Cl)c2)c1.OCCC(Cn1ccnc1)c1ccc(Cl)c(Cl)c1. The van der Waals surface area contributed by atoms with E-state index in [1.165, 1.54) is 0 Å². The molecule has 0 saturated heterocycles. The van der Waals surface area contributed by atoms with Gasteiger partial charge in [-0.25, -0.2) is 14.8 Å². The number of aliphatic hydroxyl groups excluding tert-OH is 1. The molecule has 0 aliphatic carbocycles. The lowest BCUT2D eigenvalue weighted by atomic mass is 9.95. The molecule has 4 aromatic carbocycles. The average molecular weight is 835 g/mol. The Balaban J connectivity index is 0.000000278. The zero-order valence-electron chi connectivity index (χ0n) is 31.7. The quantitative estimate of drug-likeness (QED) is 0.0867. The highest BCUT2D eigenvalue weighted by atomic mass is 35.5. The van der Waals surface area contributed by atoms with E-state index in [-0.39, 0.29) is 36.8 Å². The number of ketones is 1. The monoisotopic (exact) mass is 832 g/mol. The van der Waals surface area contributed by atoms with Gasteiger partial charge in [0, 0.05) is 61.9 Å².